The lowest BCUT2D eigenvalue weighted by Crippen LogP contribution is -2.41. The molecule has 2 aromatic heterocycles. The molecule has 1 spiro atoms. The summed E-state index contributed by atoms with van der Waals surface area (Å²) in [5.41, 5.74) is 4.43. The Morgan fingerprint density at radius 3 is 2.62 bits per heavy atom. The monoisotopic (exact) mass is 570 g/mol. The second-order valence-corrected chi connectivity index (χ2v) is 13.7. The number of amides is 1. The van der Waals surface area contributed by atoms with E-state index in [1.54, 1.807) is 4.52 Å². The van der Waals surface area contributed by atoms with Crippen molar-refractivity contribution in [3.8, 4) is 0 Å². The average molecular weight is 571 g/mol. The number of carbonyl (C=O) groups excluding carboxylic acids is 1. The quantitative estimate of drug-likeness (QED) is 0.486. The van der Waals surface area contributed by atoms with Crippen LogP contribution in [0.5, 0.6) is 0 Å². The molecule has 3 unspecified atom stereocenters. The molecule has 7 rings (SSSR count). The zero-order chi connectivity index (χ0) is 29.1. The zero-order valence-electron chi connectivity index (χ0n) is 24.8. The molecule has 1 amide bonds. The minimum atomic E-state index is -0.653. The molecule has 1 aromatic carbocycles. The first-order valence-corrected chi connectivity index (χ1v) is 15.7. The zero-order valence-corrected chi connectivity index (χ0v) is 24.8. The maximum atomic E-state index is 13.7. The van der Waals surface area contributed by atoms with Gasteiger partial charge in [0.25, 0.3) is 5.91 Å². The summed E-state index contributed by atoms with van der Waals surface area (Å²) in [5.74, 6) is -0.684. The van der Waals surface area contributed by atoms with E-state index in [2.05, 4.69) is 53.1 Å². The van der Waals surface area contributed by atoms with Gasteiger partial charge in [-0.05, 0) is 69.2 Å². The van der Waals surface area contributed by atoms with Crippen LogP contribution in [0.1, 0.15) is 73.6 Å². The van der Waals surface area contributed by atoms with E-state index >= 15 is 0 Å². The molecule has 1 aliphatic carbocycles. The third-order valence-electron chi connectivity index (χ3n) is 10.8. The van der Waals surface area contributed by atoms with Gasteiger partial charge in [0.05, 0.1) is 17.8 Å². The number of nitrogens with zero attached hydrogens (tertiary/aromatic N) is 6. The summed E-state index contributed by atoms with van der Waals surface area (Å²) < 4.78 is 1.79. The molecule has 0 radical (unpaired) electrons. The Labute approximate surface area is 247 Å². The topological polar surface area (TPSA) is 94.3 Å². The van der Waals surface area contributed by atoms with E-state index in [0.29, 0.717) is 6.04 Å². The van der Waals surface area contributed by atoms with Crippen molar-refractivity contribution < 1.29 is 14.7 Å². The summed E-state index contributed by atoms with van der Waals surface area (Å²) in [4.78, 5) is 36.8. The number of aliphatic carboxylic acids is 1. The first kappa shape index (κ1) is 27.4. The van der Waals surface area contributed by atoms with Gasteiger partial charge >= 0.3 is 5.97 Å². The van der Waals surface area contributed by atoms with Gasteiger partial charge in [0.15, 0.2) is 5.65 Å². The third-order valence-corrected chi connectivity index (χ3v) is 10.8. The lowest BCUT2D eigenvalue weighted by atomic mass is 9.82. The van der Waals surface area contributed by atoms with E-state index in [1.807, 2.05) is 18.0 Å². The van der Waals surface area contributed by atoms with Crippen molar-refractivity contribution in [2.45, 2.75) is 70.3 Å². The Morgan fingerprint density at radius 1 is 1.00 bits per heavy atom. The number of hydrogen-bond donors (Lipinski definition) is 1. The number of pyridine rings is 1. The van der Waals surface area contributed by atoms with Crippen LogP contribution in [-0.4, -0.2) is 86.7 Å². The minimum Gasteiger partial charge on any atom is -0.481 e. The number of aromatic nitrogens is 3. The van der Waals surface area contributed by atoms with Gasteiger partial charge in [-0.1, -0.05) is 43.7 Å². The SMILES string of the molecule is Cc1cc(N2CC[C@](C)(c3ccccc3)C2)cn2nc(C(=O)N3CCC4(CCN(C5CCCC(C(=O)O)C5)C4)C3)nc12. The number of anilines is 1. The first-order valence-electron chi connectivity index (χ1n) is 15.7. The fourth-order valence-electron chi connectivity index (χ4n) is 8.24. The van der Waals surface area contributed by atoms with Crippen molar-refractivity contribution in [3.63, 3.8) is 0 Å². The summed E-state index contributed by atoms with van der Waals surface area (Å²) >= 11 is 0. The van der Waals surface area contributed by atoms with E-state index in [0.717, 1.165) is 101 Å². The molecule has 9 heteroatoms. The van der Waals surface area contributed by atoms with Crippen molar-refractivity contribution in [1.82, 2.24) is 24.4 Å². The molecule has 42 heavy (non-hydrogen) atoms. The normalized spacial score (nSPS) is 30.1. The lowest BCUT2D eigenvalue weighted by molar-refractivity contribution is -0.143. The summed E-state index contributed by atoms with van der Waals surface area (Å²) in [6, 6.07) is 13.3. The molecule has 3 aromatic rings. The largest absolute Gasteiger partial charge is 0.481 e. The van der Waals surface area contributed by atoms with Crippen molar-refractivity contribution in [2.75, 3.05) is 44.2 Å². The molecule has 3 saturated heterocycles. The summed E-state index contributed by atoms with van der Waals surface area (Å²) in [6.07, 6.45) is 8.77. The molecule has 1 saturated carbocycles. The predicted molar refractivity (Wildman–Crippen MR) is 161 cm³/mol. The number of aryl methyl sites for hydroxylation is 1. The van der Waals surface area contributed by atoms with Crippen LogP contribution < -0.4 is 4.90 Å². The number of fused-ring (bicyclic) bond motifs is 1. The third kappa shape index (κ3) is 4.85. The summed E-state index contributed by atoms with van der Waals surface area (Å²) in [6.45, 7) is 9.69. The highest BCUT2D eigenvalue weighted by atomic mass is 16.4. The molecular weight excluding hydrogens is 528 g/mol. The highest BCUT2D eigenvalue weighted by molar-refractivity contribution is 5.91. The summed E-state index contributed by atoms with van der Waals surface area (Å²) in [5, 5.41) is 14.2. The van der Waals surface area contributed by atoms with E-state index in [4.69, 9.17) is 10.1 Å². The molecule has 1 N–H and O–H groups in total. The van der Waals surface area contributed by atoms with Gasteiger partial charge in [-0.25, -0.2) is 9.50 Å². The standard InChI is InChI=1S/C33H42N6O3/c1-23-17-27(36-14-11-32(2,20-36)25-8-4-3-5-9-25)19-39-29(23)34-28(35-39)30(40)38-16-13-33(22-38)12-15-37(21-33)26-10-6-7-24(18-26)31(41)42/h3-5,8-9,17,19,24,26H,6-7,10-16,18,20-22H2,1-2H3,(H,41,42)/t24?,26?,32-,33?/m0/s1. The van der Waals surface area contributed by atoms with Gasteiger partial charge in [-0.2, -0.15) is 0 Å². The van der Waals surface area contributed by atoms with E-state index in [1.165, 1.54) is 5.56 Å². The second-order valence-electron chi connectivity index (χ2n) is 13.7. The number of rotatable bonds is 5. The molecule has 0 bridgehead atoms. The number of carboxylic acids is 1. The molecule has 5 heterocycles. The van der Waals surface area contributed by atoms with E-state index in [-0.39, 0.29) is 28.5 Å². The van der Waals surface area contributed by atoms with Gasteiger partial charge in [0, 0.05) is 49.6 Å². The Kier molecular flexibility index (Phi) is 6.76. The van der Waals surface area contributed by atoms with Crippen molar-refractivity contribution in [1.29, 1.82) is 0 Å². The Balaban J connectivity index is 1.03. The highest BCUT2D eigenvalue weighted by Crippen LogP contribution is 2.43. The lowest BCUT2D eigenvalue weighted by Gasteiger charge is -2.35. The molecular formula is C33H42N6O3. The molecule has 4 fully saturated rings. The Hall–Kier alpha value is -3.46. The van der Waals surface area contributed by atoms with E-state index < -0.39 is 5.97 Å². The second kappa shape index (κ2) is 10.4. The Morgan fingerprint density at radius 2 is 1.81 bits per heavy atom. The van der Waals surface area contributed by atoms with Crippen LogP contribution >= 0.6 is 0 Å². The van der Waals surface area contributed by atoms with Crippen LogP contribution in [0, 0.1) is 18.3 Å². The first-order chi connectivity index (χ1) is 20.2. The van der Waals surface area contributed by atoms with Crippen molar-refractivity contribution >= 4 is 23.2 Å². The van der Waals surface area contributed by atoms with Crippen LogP contribution in [-0.2, 0) is 10.2 Å². The highest BCUT2D eigenvalue weighted by Gasteiger charge is 2.47. The molecule has 3 aliphatic heterocycles. The molecule has 4 aliphatic rings. The van der Waals surface area contributed by atoms with Crippen LogP contribution in [0.15, 0.2) is 42.6 Å². The average Bonchev–Trinajstić information content (AvgIpc) is 3.80. The number of carbonyl (C=O) groups is 2. The van der Waals surface area contributed by atoms with Crippen LogP contribution in [0.25, 0.3) is 5.65 Å². The van der Waals surface area contributed by atoms with Gasteiger partial charge < -0.3 is 14.9 Å². The maximum Gasteiger partial charge on any atom is 0.306 e. The molecule has 222 valence electrons. The van der Waals surface area contributed by atoms with Crippen molar-refractivity contribution in [2.24, 2.45) is 11.3 Å². The maximum absolute atomic E-state index is 13.7. The van der Waals surface area contributed by atoms with Gasteiger partial charge in [-0.15, -0.1) is 5.10 Å². The minimum absolute atomic E-state index is 0.0867. The van der Waals surface area contributed by atoms with Gasteiger partial charge in [0.1, 0.15) is 0 Å². The van der Waals surface area contributed by atoms with Crippen LogP contribution in [0.3, 0.4) is 0 Å². The smallest absolute Gasteiger partial charge is 0.306 e. The fourth-order valence-corrected chi connectivity index (χ4v) is 8.24. The number of likely N-dealkylation sites (tertiary alicyclic amines) is 2. The van der Waals surface area contributed by atoms with Gasteiger partial charge in [0.2, 0.25) is 5.82 Å². The Bertz CT molecular complexity index is 1510. The van der Waals surface area contributed by atoms with Gasteiger partial charge in [-0.3, -0.25) is 14.5 Å². The van der Waals surface area contributed by atoms with Crippen LogP contribution in [0.4, 0.5) is 5.69 Å². The summed E-state index contributed by atoms with van der Waals surface area (Å²) in [7, 11) is 0. The number of carboxylic acid groups (broad SMARTS) is 1. The van der Waals surface area contributed by atoms with E-state index in [9.17, 15) is 14.7 Å². The molecule has 4 atom stereocenters. The fraction of sp³-hybridized carbons (Fsp3) is 0.576. The van der Waals surface area contributed by atoms with Crippen molar-refractivity contribution in [3.05, 3.63) is 59.5 Å². The predicted octanol–water partition coefficient (Wildman–Crippen LogP) is 4.39. The number of hydrogen-bond acceptors (Lipinski definition) is 6. The van der Waals surface area contributed by atoms with Crippen LogP contribution in [0.2, 0.25) is 0 Å². The molecule has 9 nitrogen and oxygen atoms in total. The number of benzene rings is 1.